The second-order valence-corrected chi connectivity index (χ2v) is 10.3. The minimum Gasteiger partial charge on any atom is -0.496 e. The Morgan fingerprint density at radius 1 is 1.30 bits per heavy atom. The molecule has 0 unspecified atom stereocenters. The Morgan fingerprint density at radius 2 is 2.05 bits per heavy atom. The van der Waals surface area contributed by atoms with Crippen LogP contribution in [-0.2, 0) is 14.3 Å². The normalized spacial score (nSPS) is 18.0. The van der Waals surface area contributed by atoms with Crippen LogP contribution < -0.4 is 24.5 Å². The van der Waals surface area contributed by atoms with Crippen LogP contribution >= 0.6 is 27.3 Å². The summed E-state index contributed by atoms with van der Waals surface area (Å²) in [4.78, 5) is 34.1. The van der Waals surface area contributed by atoms with Gasteiger partial charge in [-0.2, -0.15) is 0 Å². The second kappa shape index (κ2) is 10.7. The number of allylic oxidation sites excluding steroid dienone is 1. The zero-order valence-corrected chi connectivity index (χ0v) is 23.1. The van der Waals surface area contributed by atoms with Crippen molar-refractivity contribution in [2.75, 3.05) is 44.9 Å². The van der Waals surface area contributed by atoms with Crippen LogP contribution in [0, 0.1) is 0 Å². The van der Waals surface area contributed by atoms with E-state index >= 15 is 0 Å². The van der Waals surface area contributed by atoms with Gasteiger partial charge in [-0.15, -0.1) is 0 Å². The number of anilines is 1. The van der Waals surface area contributed by atoms with Gasteiger partial charge in [0.15, 0.2) is 4.80 Å². The first-order valence-corrected chi connectivity index (χ1v) is 13.5. The average molecular weight is 588 g/mol. The van der Waals surface area contributed by atoms with Crippen molar-refractivity contribution in [2.45, 2.75) is 19.9 Å². The summed E-state index contributed by atoms with van der Waals surface area (Å²) in [5, 5.41) is 0. The van der Waals surface area contributed by atoms with Crippen LogP contribution in [-0.4, -0.2) is 50.6 Å². The molecule has 1 saturated heterocycles. The number of halogens is 1. The maximum atomic E-state index is 13.8. The van der Waals surface area contributed by atoms with Crippen LogP contribution in [0.5, 0.6) is 5.75 Å². The van der Waals surface area contributed by atoms with Crippen LogP contribution in [0.2, 0.25) is 0 Å². The van der Waals surface area contributed by atoms with Crippen molar-refractivity contribution in [2.24, 2.45) is 4.99 Å². The lowest BCUT2D eigenvalue weighted by Crippen LogP contribution is -2.40. The first kappa shape index (κ1) is 25.5. The van der Waals surface area contributed by atoms with E-state index in [0.29, 0.717) is 56.8 Å². The number of rotatable bonds is 6. The number of carbonyl (C=O) groups is 1. The zero-order chi connectivity index (χ0) is 26.1. The van der Waals surface area contributed by atoms with E-state index in [9.17, 15) is 9.59 Å². The molecular formula is C26H26BrN3O6S. The Morgan fingerprint density at radius 3 is 2.78 bits per heavy atom. The van der Waals surface area contributed by atoms with Gasteiger partial charge in [-0.1, -0.05) is 29.5 Å². The molecule has 4 heterocycles. The topological polar surface area (TPSA) is 95.5 Å². The van der Waals surface area contributed by atoms with Crippen LogP contribution in [0.25, 0.3) is 6.08 Å². The standard InChI is InChI=1S/C26H26BrN3O6S/c1-4-35-25(32)21-15(2)28-26-30(22(21)17-7-5-6-8-19(17)33-3)23(31)20(37-26)14-16-13-18(27)24(36-16)29-9-11-34-12-10-29/h5-8,13-14,22H,4,9-12H2,1-3H3/b20-14+/t22-/m0/s1. The van der Waals surface area contributed by atoms with Crippen LogP contribution in [0.4, 0.5) is 5.88 Å². The van der Waals surface area contributed by atoms with E-state index in [1.165, 1.54) is 15.9 Å². The summed E-state index contributed by atoms with van der Waals surface area (Å²) < 4.78 is 25.3. The van der Waals surface area contributed by atoms with E-state index in [-0.39, 0.29) is 12.2 Å². The number of hydrogen-bond donors (Lipinski definition) is 0. The lowest BCUT2D eigenvalue weighted by molar-refractivity contribution is -0.139. The molecule has 2 aliphatic heterocycles. The quantitative estimate of drug-likeness (QED) is 0.409. The Hall–Kier alpha value is -3.15. The minimum atomic E-state index is -0.749. The molecule has 0 spiro atoms. The molecule has 2 aromatic heterocycles. The lowest BCUT2D eigenvalue weighted by Gasteiger charge is -2.26. The molecule has 37 heavy (non-hydrogen) atoms. The van der Waals surface area contributed by atoms with Crippen LogP contribution in [0.1, 0.15) is 31.2 Å². The highest BCUT2D eigenvalue weighted by atomic mass is 79.9. The fraction of sp³-hybridized carbons (Fsp3) is 0.346. The van der Waals surface area contributed by atoms with E-state index in [4.69, 9.17) is 18.6 Å². The number of hydrogen-bond acceptors (Lipinski definition) is 9. The number of thiazole rings is 1. The number of fused-ring (bicyclic) bond motifs is 1. The number of nitrogens with zero attached hydrogens (tertiary/aromatic N) is 3. The summed E-state index contributed by atoms with van der Waals surface area (Å²) in [5.41, 5.74) is 1.19. The van der Waals surface area contributed by atoms with Gasteiger partial charge in [0, 0.05) is 30.8 Å². The van der Waals surface area contributed by atoms with Gasteiger partial charge in [-0.05, 0) is 35.8 Å². The van der Waals surface area contributed by atoms with Gasteiger partial charge < -0.3 is 23.5 Å². The molecule has 5 rings (SSSR count). The number of para-hydroxylation sites is 1. The van der Waals surface area contributed by atoms with Crippen molar-refractivity contribution < 1.29 is 23.4 Å². The highest BCUT2D eigenvalue weighted by molar-refractivity contribution is 9.10. The molecule has 0 aliphatic carbocycles. The molecule has 0 N–H and O–H groups in total. The van der Waals surface area contributed by atoms with Crippen molar-refractivity contribution in [3.63, 3.8) is 0 Å². The molecule has 2 aliphatic rings. The number of esters is 1. The highest BCUT2D eigenvalue weighted by Crippen LogP contribution is 2.36. The molecule has 0 amide bonds. The predicted molar refractivity (Wildman–Crippen MR) is 143 cm³/mol. The first-order chi connectivity index (χ1) is 17.9. The number of carbonyl (C=O) groups excluding carboxylic acids is 1. The Bertz CT molecular complexity index is 1550. The summed E-state index contributed by atoms with van der Waals surface area (Å²) in [5.74, 6) is 1.28. The van der Waals surface area contributed by atoms with E-state index in [2.05, 4.69) is 25.8 Å². The van der Waals surface area contributed by atoms with E-state index < -0.39 is 12.0 Å². The Balaban J connectivity index is 1.65. The molecule has 0 bridgehead atoms. The molecule has 0 radical (unpaired) electrons. The number of furan rings is 1. The Labute approximate surface area is 225 Å². The first-order valence-electron chi connectivity index (χ1n) is 11.9. The minimum absolute atomic E-state index is 0.206. The SMILES string of the molecule is CCOC(=O)C1=C(C)N=c2s/c(=C/c3cc(Br)c(N4CCOCC4)o3)c(=O)n2[C@H]1c1ccccc1OC. The highest BCUT2D eigenvalue weighted by Gasteiger charge is 2.35. The van der Waals surface area contributed by atoms with Crippen molar-refractivity contribution in [3.8, 4) is 5.75 Å². The predicted octanol–water partition coefficient (Wildman–Crippen LogP) is 3.00. The lowest BCUT2D eigenvalue weighted by atomic mass is 9.95. The number of benzene rings is 1. The van der Waals surface area contributed by atoms with Crippen molar-refractivity contribution in [1.82, 2.24) is 4.57 Å². The van der Waals surface area contributed by atoms with Gasteiger partial charge in [-0.25, -0.2) is 9.79 Å². The summed E-state index contributed by atoms with van der Waals surface area (Å²) in [6.45, 7) is 6.42. The van der Waals surface area contributed by atoms with Crippen molar-refractivity contribution in [1.29, 1.82) is 0 Å². The van der Waals surface area contributed by atoms with Gasteiger partial charge in [0.2, 0.25) is 5.88 Å². The third-order valence-electron chi connectivity index (χ3n) is 6.21. The monoisotopic (exact) mass is 587 g/mol. The molecular weight excluding hydrogens is 562 g/mol. The average Bonchev–Trinajstić information content (AvgIpc) is 3.42. The molecule has 1 fully saturated rings. The van der Waals surface area contributed by atoms with Gasteiger partial charge in [0.05, 0.1) is 47.2 Å². The molecule has 9 nitrogen and oxygen atoms in total. The van der Waals surface area contributed by atoms with Crippen LogP contribution in [0.15, 0.2) is 60.3 Å². The molecule has 11 heteroatoms. The van der Waals surface area contributed by atoms with Crippen molar-refractivity contribution >= 4 is 45.2 Å². The molecule has 1 aromatic carbocycles. The fourth-order valence-corrected chi connectivity index (χ4v) is 6.12. The largest absolute Gasteiger partial charge is 0.496 e. The number of methoxy groups -OCH3 is 1. The van der Waals surface area contributed by atoms with Crippen molar-refractivity contribution in [3.05, 3.63) is 77.1 Å². The van der Waals surface area contributed by atoms with Gasteiger partial charge in [0.25, 0.3) is 5.56 Å². The fourth-order valence-electron chi connectivity index (χ4n) is 4.54. The summed E-state index contributed by atoms with van der Waals surface area (Å²) >= 11 is 4.82. The number of ether oxygens (including phenoxy) is 3. The van der Waals surface area contributed by atoms with E-state index in [1.54, 1.807) is 33.1 Å². The molecule has 3 aromatic rings. The molecule has 0 saturated carbocycles. The Kier molecular flexibility index (Phi) is 7.36. The summed E-state index contributed by atoms with van der Waals surface area (Å²) in [7, 11) is 1.56. The van der Waals surface area contributed by atoms with Gasteiger partial charge in [0.1, 0.15) is 17.6 Å². The smallest absolute Gasteiger partial charge is 0.338 e. The maximum absolute atomic E-state index is 13.8. The number of aromatic nitrogens is 1. The summed E-state index contributed by atoms with van der Waals surface area (Å²) in [6.07, 6.45) is 1.71. The van der Waals surface area contributed by atoms with E-state index in [0.717, 1.165) is 17.6 Å². The third-order valence-corrected chi connectivity index (χ3v) is 7.76. The summed E-state index contributed by atoms with van der Waals surface area (Å²) in [6, 6.07) is 8.43. The maximum Gasteiger partial charge on any atom is 0.338 e. The zero-order valence-electron chi connectivity index (χ0n) is 20.7. The molecule has 1 atom stereocenters. The van der Waals surface area contributed by atoms with Gasteiger partial charge in [-0.3, -0.25) is 9.36 Å². The van der Waals surface area contributed by atoms with Gasteiger partial charge >= 0.3 is 5.97 Å². The van der Waals surface area contributed by atoms with Crippen LogP contribution in [0.3, 0.4) is 0 Å². The van der Waals surface area contributed by atoms with E-state index in [1.807, 2.05) is 24.3 Å². The second-order valence-electron chi connectivity index (χ2n) is 8.45. The molecule has 194 valence electrons. The third kappa shape index (κ3) is 4.78. The number of morpholine rings is 1.